The summed E-state index contributed by atoms with van der Waals surface area (Å²) < 4.78 is 1.75. The lowest BCUT2D eigenvalue weighted by Crippen LogP contribution is -2.44. The Kier molecular flexibility index (Phi) is 9.48. The van der Waals surface area contributed by atoms with Gasteiger partial charge < -0.3 is 10.6 Å². The molecule has 4 rings (SSSR count). The van der Waals surface area contributed by atoms with E-state index in [1.165, 1.54) is 24.7 Å². The van der Waals surface area contributed by atoms with Gasteiger partial charge in [-0.25, -0.2) is 14.7 Å². The number of hydrogen-bond acceptors (Lipinski definition) is 4. The summed E-state index contributed by atoms with van der Waals surface area (Å²) >= 11 is 0. The lowest BCUT2D eigenvalue weighted by molar-refractivity contribution is 0.245. The SMILES string of the molecule is CCNC(=NCc1ccc(-n2cncn2)cc1)NCC1CCCN1Cc1ccccc1.I. The fourth-order valence-electron chi connectivity index (χ4n) is 3.97. The number of aliphatic imine (C=N–C) groups is 1. The number of likely N-dealkylation sites (tertiary alicyclic amines) is 1. The fourth-order valence-corrected chi connectivity index (χ4v) is 3.97. The number of aromatic nitrogens is 3. The van der Waals surface area contributed by atoms with E-state index in [1.807, 2.05) is 12.1 Å². The molecule has 0 spiro atoms. The van der Waals surface area contributed by atoms with E-state index in [0.29, 0.717) is 12.6 Å². The number of guanidine groups is 1. The van der Waals surface area contributed by atoms with Crippen LogP contribution in [-0.4, -0.2) is 51.3 Å². The van der Waals surface area contributed by atoms with Crippen molar-refractivity contribution in [1.82, 2.24) is 30.3 Å². The van der Waals surface area contributed by atoms with Crippen LogP contribution in [0.25, 0.3) is 5.69 Å². The number of benzene rings is 2. The predicted octanol–water partition coefficient (Wildman–Crippen LogP) is 3.61. The van der Waals surface area contributed by atoms with E-state index in [2.05, 4.69) is 75.0 Å². The lowest BCUT2D eigenvalue weighted by atomic mass is 10.2. The molecule has 32 heavy (non-hydrogen) atoms. The van der Waals surface area contributed by atoms with Crippen LogP contribution >= 0.6 is 24.0 Å². The average molecular weight is 545 g/mol. The minimum atomic E-state index is 0. The molecule has 1 fully saturated rings. The third-order valence-electron chi connectivity index (χ3n) is 5.62. The second kappa shape index (κ2) is 12.5. The van der Waals surface area contributed by atoms with Crippen molar-refractivity contribution in [3.8, 4) is 5.69 Å². The van der Waals surface area contributed by atoms with E-state index in [1.54, 1.807) is 11.0 Å². The first kappa shape index (κ1) is 24.2. The van der Waals surface area contributed by atoms with E-state index in [9.17, 15) is 0 Å². The normalized spacial score (nSPS) is 16.5. The van der Waals surface area contributed by atoms with Crippen LogP contribution in [0.15, 0.2) is 72.2 Å². The molecule has 8 heteroatoms. The van der Waals surface area contributed by atoms with Gasteiger partial charge in [0.05, 0.1) is 12.2 Å². The van der Waals surface area contributed by atoms with Crippen molar-refractivity contribution in [2.75, 3.05) is 19.6 Å². The second-order valence-corrected chi connectivity index (χ2v) is 7.83. The summed E-state index contributed by atoms with van der Waals surface area (Å²) in [6.45, 7) is 6.65. The number of hydrogen-bond donors (Lipinski definition) is 2. The van der Waals surface area contributed by atoms with E-state index in [-0.39, 0.29) is 24.0 Å². The first-order valence-corrected chi connectivity index (χ1v) is 11.1. The minimum Gasteiger partial charge on any atom is -0.357 e. The third kappa shape index (κ3) is 6.77. The Morgan fingerprint density at radius 3 is 2.59 bits per heavy atom. The van der Waals surface area contributed by atoms with Crippen molar-refractivity contribution < 1.29 is 0 Å². The summed E-state index contributed by atoms with van der Waals surface area (Å²) in [5, 5.41) is 11.1. The molecule has 1 aromatic heterocycles. The molecule has 7 nitrogen and oxygen atoms in total. The molecule has 2 N–H and O–H groups in total. The molecule has 0 bridgehead atoms. The lowest BCUT2D eigenvalue weighted by Gasteiger charge is -2.25. The van der Waals surface area contributed by atoms with Crippen LogP contribution in [-0.2, 0) is 13.1 Å². The van der Waals surface area contributed by atoms with E-state index < -0.39 is 0 Å². The largest absolute Gasteiger partial charge is 0.357 e. The van der Waals surface area contributed by atoms with Gasteiger partial charge in [-0.05, 0) is 49.6 Å². The average Bonchev–Trinajstić information content (AvgIpc) is 3.49. The van der Waals surface area contributed by atoms with Crippen LogP contribution in [0.2, 0.25) is 0 Å². The van der Waals surface area contributed by atoms with Crippen LogP contribution < -0.4 is 10.6 Å². The molecule has 2 heterocycles. The summed E-state index contributed by atoms with van der Waals surface area (Å²) in [4.78, 5) is 11.4. The number of rotatable bonds is 8. The molecule has 3 aromatic rings. The van der Waals surface area contributed by atoms with Gasteiger partial charge in [0.2, 0.25) is 0 Å². The number of nitrogens with zero attached hydrogens (tertiary/aromatic N) is 5. The molecule has 1 atom stereocenters. The Morgan fingerprint density at radius 1 is 1.06 bits per heavy atom. The Bertz CT molecular complexity index is 942. The topological polar surface area (TPSA) is 70.4 Å². The zero-order valence-electron chi connectivity index (χ0n) is 18.5. The van der Waals surface area contributed by atoms with Crippen LogP contribution in [0.3, 0.4) is 0 Å². The maximum atomic E-state index is 4.79. The van der Waals surface area contributed by atoms with Crippen LogP contribution in [0.5, 0.6) is 0 Å². The molecular formula is C24H32IN7. The minimum absolute atomic E-state index is 0. The quantitative estimate of drug-likeness (QED) is 0.257. The molecule has 170 valence electrons. The molecule has 1 aliphatic rings. The van der Waals surface area contributed by atoms with Gasteiger partial charge in [-0.15, -0.1) is 24.0 Å². The summed E-state index contributed by atoms with van der Waals surface area (Å²) in [7, 11) is 0. The first-order valence-electron chi connectivity index (χ1n) is 11.1. The van der Waals surface area contributed by atoms with Gasteiger partial charge in [-0.3, -0.25) is 4.90 Å². The third-order valence-corrected chi connectivity index (χ3v) is 5.62. The Balaban J connectivity index is 0.00000289. The van der Waals surface area contributed by atoms with Gasteiger partial charge in [0.15, 0.2) is 5.96 Å². The van der Waals surface area contributed by atoms with Crippen molar-refractivity contribution in [2.45, 2.75) is 38.9 Å². The van der Waals surface area contributed by atoms with Crippen LogP contribution in [0.1, 0.15) is 30.9 Å². The fraction of sp³-hybridized carbons (Fsp3) is 0.375. The molecule has 1 unspecified atom stereocenters. The van der Waals surface area contributed by atoms with Crippen molar-refractivity contribution >= 4 is 29.9 Å². The van der Waals surface area contributed by atoms with Crippen molar-refractivity contribution in [1.29, 1.82) is 0 Å². The van der Waals surface area contributed by atoms with Gasteiger partial charge in [0, 0.05) is 25.7 Å². The summed E-state index contributed by atoms with van der Waals surface area (Å²) in [6.07, 6.45) is 5.72. The van der Waals surface area contributed by atoms with E-state index in [4.69, 9.17) is 4.99 Å². The zero-order valence-corrected chi connectivity index (χ0v) is 20.9. The Morgan fingerprint density at radius 2 is 1.88 bits per heavy atom. The predicted molar refractivity (Wildman–Crippen MR) is 139 cm³/mol. The van der Waals surface area contributed by atoms with Gasteiger partial charge in [0.1, 0.15) is 12.7 Å². The first-order chi connectivity index (χ1) is 15.3. The zero-order chi connectivity index (χ0) is 21.3. The summed E-state index contributed by atoms with van der Waals surface area (Å²) in [5.74, 6) is 0.870. The standard InChI is InChI=1S/C24H31N7.HI/c1-2-26-24(27-15-20-10-12-22(13-11-20)31-19-25-18-29-31)28-16-23-9-6-14-30(23)17-21-7-4-3-5-8-21;/h3-5,7-8,10-13,18-19,23H,2,6,9,14-17H2,1H3,(H2,26,27,28);1H. The molecule has 0 radical (unpaired) electrons. The van der Waals surface area contributed by atoms with Crippen LogP contribution in [0, 0.1) is 0 Å². The smallest absolute Gasteiger partial charge is 0.191 e. The number of nitrogens with one attached hydrogen (secondary N) is 2. The van der Waals surface area contributed by atoms with Gasteiger partial charge >= 0.3 is 0 Å². The maximum absolute atomic E-state index is 4.79. The van der Waals surface area contributed by atoms with Crippen molar-refractivity contribution in [3.05, 3.63) is 78.4 Å². The molecule has 0 amide bonds. The Hall–Kier alpha value is -2.46. The van der Waals surface area contributed by atoms with Crippen molar-refractivity contribution in [2.24, 2.45) is 4.99 Å². The maximum Gasteiger partial charge on any atom is 0.191 e. The molecule has 0 aliphatic carbocycles. The number of halogens is 1. The van der Waals surface area contributed by atoms with Crippen LogP contribution in [0.4, 0.5) is 0 Å². The van der Waals surface area contributed by atoms with E-state index >= 15 is 0 Å². The molecule has 2 aromatic carbocycles. The summed E-state index contributed by atoms with van der Waals surface area (Å²) in [5.41, 5.74) is 3.53. The highest BCUT2D eigenvalue weighted by atomic mass is 127. The molecular weight excluding hydrogens is 513 g/mol. The summed E-state index contributed by atoms with van der Waals surface area (Å²) in [6, 6.07) is 19.5. The highest BCUT2D eigenvalue weighted by Crippen LogP contribution is 2.19. The van der Waals surface area contributed by atoms with Gasteiger partial charge in [-0.1, -0.05) is 42.5 Å². The van der Waals surface area contributed by atoms with Gasteiger partial charge in [-0.2, -0.15) is 5.10 Å². The van der Waals surface area contributed by atoms with Gasteiger partial charge in [0.25, 0.3) is 0 Å². The molecule has 0 saturated carbocycles. The highest BCUT2D eigenvalue weighted by molar-refractivity contribution is 14.0. The van der Waals surface area contributed by atoms with Crippen molar-refractivity contribution in [3.63, 3.8) is 0 Å². The highest BCUT2D eigenvalue weighted by Gasteiger charge is 2.24. The molecule has 1 aliphatic heterocycles. The van der Waals surface area contributed by atoms with E-state index in [0.717, 1.165) is 43.4 Å². The molecule has 1 saturated heterocycles. The Labute approximate surface area is 207 Å². The monoisotopic (exact) mass is 545 g/mol. The second-order valence-electron chi connectivity index (χ2n) is 7.83.